The Balaban J connectivity index is 1.59. The average Bonchev–Trinajstić information content (AvgIpc) is 3.40. The molecule has 3 rings (SSSR count). The first-order chi connectivity index (χ1) is 14.0. The number of hydrogen-bond donors (Lipinski definition) is 0. The summed E-state index contributed by atoms with van der Waals surface area (Å²) in [7, 11) is 2.14. The van der Waals surface area contributed by atoms with Crippen molar-refractivity contribution >= 4 is 23.3 Å². The van der Waals surface area contributed by atoms with Gasteiger partial charge < -0.3 is 14.2 Å². The second-order valence-corrected chi connectivity index (χ2v) is 8.83. The van der Waals surface area contributed by atoms with E-state index in [1.807, 2.05) is 6.92 Å². The van der Waals surface area contributed by atoms with Crippen molar-refractivity contribution in [1.82, 2.24) is 8.75 Å². The van der Waals surface area contributed by atoms with E-state index in [1.165, 1.54) is 31.0 Å². The Morgan fingerprint density at radius 1 is 1.38 bits per heavy atom. The topological polar surface area (TPSA) is 70.5 Å². The Bertz CT molecular complexity index is 702. The Kier molecular flexibility index (Phi) is 8.03. The summed E-state index contributed by atoms with van der Waals surface area (Å²) in [5.41, 5.74) is 1.97. The van der Waals surface area contributed by atoms with Gasteiger partial charge in [0.2, 0.25) is 6.23 Å². The molecular weight excluding hydrogens is 390 g/mol. The predicted molar refractivity (Wildman–Crippen MR) is 113 cm³/mol. The molecule has 1 aromatic heterocycles. The van der Waals surface area contributed by atoms with Crippen LogP contribution in [0.25, 0.3) is 5.57 Å². The molecule has 0 aliphatic carbocycles. The fourth-order valence-corrected chi connectivity index (χ4v) is 4.36. The van der Waals surface area contributed by atoms with Crippen molar-refractivity contribution in [3.8, 4) is 5.88 Å². The van der Waals surface area contributed by atoms with Gasteiger partial charge in [-0.3, -0.25) is 9.28 Å². The highest BCUT2D eigenvalue weighted by Gasteiger charge is 2.38. The quantitative estimate of drug-likeness (QED) is 0.324. The second kappa shape index (κ2) is 10.5. The first-order valence-corrected chi connectivity index (χ1v) is 11.5. The standard InChI is InChI=1S/C21H34N3O4S/c1-4-5-6-7-12-27-20-19(22-29-23-20)17-9-8-11-24(3,14-17)16(2)28-21(25)18-10-13-26-15-18/h9,16,18H,4-8,10-15H2,1-3H3/q+1/t16-,18+,24?/m0/s1. The van der Waals surface area contributed by atoms with Gasteiger partial charge in [0.05, 0.1) is 44.5 Å². The molecule has 1 fully saturated rings. The van der Waals surface area contributed by atoms with E-state index in [0.29, 0.717) is 30.2 Å². The summed E-state index contributed by atoms with van der Waals surface area (Å²) < 4.78 is 26.6. The lowest BCUT2D eigenvalue weighted by atomic mass is 10.0. The monoisotopic (exact) mass is 424 g/mol. The molecule has 0 spiro atoms. The number of ether oxygens (including phenoxy) is 3. The van der Waals surface area contributed by atoms with Crippen LogP contribution < -0.4 is 4.74 Å². The van der Waals surface area contributed by atoms with Crippen molar-refractivity contribution < 1.29 is 23.5 Å². The number of carbonyl (C=O) groups excluding carboxylic acids is 1. The lowest BCUT2D eigenvalue weighted by Gasteiger charge is -2.41. The first kappa shape index (κ1) is 22.2. The van der Waals surface area contributed by atoms with Crippen molar-refractivity contribution in [2.45, 2.75) is 58.6 Å². The Labute approximate surface area is 177 Å². The van der Waals surface area contributed by atoms with Gasteiger partial charge in [0, 0.05) is 25.5 Å². The molecule has 0 radical (unpaired) electrons. The minimum Gasteiger partial charge on any atom is -0.475 e. The molecule has 162 valence electrons. The summed E-state index contributed by atoms with van der Waals surface area (Å²) in [6.45, 7) is 7.65. The molecule has 29 heavy (non-hydrogen) atoms. The number of likely N-dealkylation sites (N-methyl/N-ethyl adjacent to an activating group) is 1. The number of unbranched alkanes of at least 4 members (excludes halogenated alkanes) is 3. The van der Waals surface area contributed by atoms with Crippen LogP contribution in [0.2, 0.25) is 0 Å². The number of aromatic nitrogens is 2. The van der Waals surface area contributed by atoms with E-state index >= 15 is 0 Å². The van der Waals surface area contributed by atoms with Crippen molar-refractivity contribution in [1.29, 1.82) is 0 Å². The van der Waals surface area contributed by atoms with Crippen LogP contribution in [0, 0.1) is 5.92 Å². The van der Waals surface area contributed by atoms with Crippen LogP contribution in [0.5, 0.6) is 5.88 Å². The maximum atomic E-state index is 12.4. The van der Waals surface area contributed by atoms with Crippen LogP contribution in [0.3, 0.4) is 0 Å². The Morgan fingerprint density at radius 3 is 3.00 bits per heavy atom. The molecule has 3 atom stereocenters. The van der Waals surface area contributed by atoms with E-state index in [2.05, 4.69) is 28.8 Å². The van der Waals surface area contributed by atoms with Gasteiger partial charge in [0.15, 0.2) is 0 Å². The smallest absolute Gasteiger partial charge is 0.315 e. The molecule has 3 heterocycles. The molecule has 0 bridgehead atoms. The summed E-state index contributed by atoms with van der Waals surface area (Å²) in [4.78, 5) is 12.4. The number of nitrogens with zero attached hydrogens (tertiary/aromatic N) is 3. The molecule has 1 aromatic rings. The highest BCUT2D eigenvalue weighted by Crippen LogP contribution is 2.32. The van der Waals surface area contributed by atoms with E-state index in [1.54, 1.807) is 0 Å². The predicted octanol–water partition coefficient (Wildman–Crippen LogP) is 3.66. The summed E-state index contributed by atoms with van der Waals surface area (Å²) in [5, 5.41) is 0. The first-order valence-electron chi connectivity index (χ1n) is 10.8. The van der Waals surface area contributed by atoms with Crippen LogP contribution in [-0.4, -0.2) is 65.4 Å². The van der Waals surface area contributed by atoms with E-state index < -0.39 is 0 Å². The Hall–Kier alpha value is -1.51. The lowest BCUT2D eigenvalue weighted by Crippen LogP contribution is -2.55. The Morgan fingerprint density at radius 2 is 2.24 bits per heavy atom. The molecule has 2 aliphatic heterocycles. The van der Waals surface area contributed by atoms with Crippen LogP contribution in [-0.2, 0) is 14.3 Å². The van der Waals surface area contributed by atoms with Gasteiger partial charge in [-0.25, -0.2) is 0 Å². The van der Waals surface area contributed by atoms with E-state index in [4.69, 9.17) is 14.2 Å². The maximum Gasteiger partial charge on any atom is 0.315 e. The molecule has 2 aliphatic rings. The summed E-state index contributed by atoms with van der Waals surface area (Å²) in [5.74, 6) is 0.370. The van der Waals surface area contributed by atoms with E-state index in [-0.39, 0.29) is 18.1 Å². The van der Waals surface area contributed by atoms with Gasteiger partial charge in [-0.05, 0) is 12.8 Å². The zero-order valence-corrected chi connectivity index (χ0v) is 18.7. The molecule has 7 nitrogen and oxygen atoms in total. The van der Waals surface area contributed by atoms with E-state index in [0.717, 1.165) is 43.6 Å². The fraction of sp³-hybridized carbons (Fsp3) is 0.762. The number of carbonyl (C=O) groups is 1. The third kappa shape index (κ3) is 5.77. The highest BCUT2D eigenvalue weighted by molar-refractivity contribution is 6.99. The fourth-order valence-electron chi connectivity index (χ4n) is 3.83. The second-order valence-electron chi connectivity index (χ2n) is 8.30. The average molecular weight is 425 g/mol. The number of esters is 1. The zero-order chi connectivity index (χ0) is 20.7. The third-order valence-electron chi connectivity index (χ3n) is 5.99. The molecule has 1 unspecified atom stereocenters. The summed E-state index contributed by atoms with van der Waals surface area (Å²) in [6, 6.07) is 0. The highest BCUT2D eigenvalue weighted by atomic mass is 32.1. The number of rotatable bonds is 10. The molecule has 1 saturated heterocycles. The molecule has 0 aromatic carbocycles. The van der Waals surface area contributed by atoms with Crippen molar-refractivity contribution in [3.05, 3.63) is 11.8 Å². The molecule has 0 saturated carbocycles. The lowest BCUT2D eigenvalue weighted by molar-refractivity contribution is -0.944. The molecule has 0 N–H and O–H groups in total. The molecule has 0 amide bonds. The van der Waals surface area contributed by atoms with Crippen molar-refractivity contribution in [2.24, 2.45) is 5.92 Å². The zero-order valence-electron chi connectivity index (χ0n) is 17.9. The van der Waals surface area contributed by atoms with Crippen molar-refractivity contribution in [3.63, 3.8) is 0 Å². The van der Waals surface area contributed by atoms with Gasteiger partial charge in [-0.15, -0.1) is 4.37 Å². The van der Waals surface area contributed by atoms with Crippen LogP contribution in [0.15, 0.2) is 6.08 Å². The van der Waals surface area contributed by atoms with E-state index in [9.17, 15) is 4.79 Å². The van der Waals surface area contributed by atoms with Gasteiger partial charge in [-0.1, -0.05) is 32.3 Å². The molecule has 8 heteroatoms. The maximum absolute atomic E-state index is 12.4. The number of hydrogen-bond acceptors (Lipinski definition) is 7. The molecular formula is C21H34N3O4S+. The summed E-state index contributed by atoms with van der Waals surface area (Å²) in [6.07, 6.45) is 8.32. The van der Waals surface area contributed by atoms with Crippen LogP contribution in [0.1, 0.15) is 58.1 Å². The normalized spacial score (nSPS) is 25.5. The number of quaternary nitrogens is 1. The van der Waals surface area contributed by atoms with Gasteiger partial charge in [-0.2, -0.15) is 4.37 Å². The van der Waals surface area contributed by atoms with Crippen molar-refractivity contribution in [2.75, 3.05) is 40.0 Å². The minimum atomic E-state index is -0.225. The summed E-state index contributed by atoms with van der Waals surface area (Å²) >= 11 is 1.19. The largest absolute Gasteiger partial charge is 0.475 e. The van der Waals surface area contributed by atoms with Gasteiger partial charge >= 0.3 is 5.97 Å². The van der Waals surface area contributed by atoms with Crippen LogP contribution in [0.4, 0.5) is 0 Å². The van der Waals surface area contributed by atoms with Crippen LogP contribution >= 0.6 is 11.7 Å². The van der Waals surface area contributed by atoms with Gasteiger partial charge in [0.25, 0.3) is 5.88 Å². The van der Waals surface area contributed by atoms with Gasteiger partial charge in [0.1, 0.15) is 12.2 Å². The third-order valence-corrected chi connectivity index (χ3v) is 6.50. The minimum absolute atomic E-state index is 0.126. The SMILES string of the molecule is CCCCCCOc1nsnc1C1=CCC[N+](C)([C@H](C)OC(=O)[C@@H]2CCOC2)C1.